The van der Waals surface area contributed by atoms with E-state index in [2.05, 4.69) is 0 Å². The normalized spacial score (nSPS) is 10.1. The average molecular weight is 273 g/mol. The maximum atomic E-state index is 11.7. The van der Waals surface area contributed by atoms with Crippen LogP contribution in [0.5, 0.6) is 0 Å². The highest BCUT2D eigenvalue weighted by atomic mass is 35.5. The van der Waals surface area contributed by atoms with Crippen molar-refractivity contribution in [3.05, 3.63) is 34.4 Å². The molecule has 0 aromatic heterocycles. The van der Waals surface area contributed by atoms with E-state index >= 15 is 0 Å². The lowest BCUT2D eigenvalue weighted by Gasteiger charge is -2.21. The molecule has 7 heteroatoms. The van der Waals surface area contributed by atoms with Gasteiger partial charge in [0.2, 0.25) is 5.91 Å². The number of hydrogen-bond donors (Lipinski definition) is 0. The van der Waals surface area contributed by atoms with Gasteiger partial charge in [0.05, 0.1) is 4.92 Å². The summed E-state index contributed by atoms with van der Waals surface area (Å²) in [5, 5.41) is 10.9. The zero-order chi connectivity index (χ0) is 13.5. The van der Waals surface area contributed by atoms with E-state index in [1.807, 2.05) is 0 Å². The molecule has 0 bridgehead atoms. The second kappa shape index (κ2) is 6.93. The van der Waals surface area contributed by atoms with Gasteiger partial charge in [0.15, 0.2) is 0 Å². The zero-order valence-electron chi connectivity index (χ0n) is 9.84. The lowest BCUT2D eigenvalue weighted by molar-refractivity contribution is -0.384. The van der Waals surface area contributed by atoms with Crippen LogP contribution in [0.1, 0.15) is 6.92 Å². The number of carbonyl (C=O) groups excluding carboxylic acids is 1. The molecule has 0 N–H and O–H groups in total. The number of rotatable bonds is 6. The van der Waals surface area contributed by atoms with E-state index in [4.69, 9.17) is 16.3 Å². The van der Waals surface area contributed by atoms with Crippen LogP contribution in [0, 0.1) is 10.1 Å². The fourth-order valence-corrected chi connectivity index (χ4v) is 1.52. The molecule has 1 aromatic carbocycles. The quantitative estimate of drug-likeness (QED) is 0.344. The van der Waals surface area contributed by atoms with Crippen LogP contribution in [0.25, 0.3) is 0 Å². The van der Waals surface area contributed by atoms with Crippen molar-refractivity contribution in [3.8, 4) is 0 Å². The highest BCUT2D eigenvalue weighted by molar-refractivity contribution is 6.29. The summed E-state index contributed by atoms with van der Waals surface area (Å²) in [5.74, 6) is -0.710. The van der Waals surface area contributed by atoms with Gasteiger partial charge in [-0.15, -0.1) is 11.6 Å². The van der Waals surface area contributed by atoms with Gasteiger partial charge < -0.3 is 4.74 Å². The Hall–Kier alpha value is -1.66. The number of para-hydroxylation sites is 2. The highest BCUT2D eigenvalue weighted by Gasteiger charge is 2.23. The van der Waals surface area contributed by atoms with Crippen LogP contribution >= 0.6 is 11.6 Å². The molecule has 1 amide bonds. The van der Waals surface area contributed by atoms with Crippen molar-refractivity contribution in [3.63, 3.8) is 0 Å². The molecule has 18 heavy (non-hydrogen) atoms. The monoisotopic (exact) mass is 272 g/mol. The van der Waals surface area contributed by atoms with Gasteiger partial charge in [0.1, 0.15) is 18.3 Å². The summed E-state index contributed by atoms with van der Waals surface area (Å²) in [6.07, 6.45) is 0. The van der Waals surface area contributed by atoms with Gasteiger partial charge in [-0.3, -0.25) is 19.8 Å². The van der Waals surface area contributed by atoms with Gasteiger partial charge in [-0.1, -0.05) is 12.1 Å². The van der Waals surface area contributed by atoms with Crippen molar-refractivity contribution in [2.24, 2.45) is 0 Å². The fourth-order valence-electron chi connectivity index (χ4n) is 1.38. The Morgan fingerprint density at radius 1 is 1.50 bits per heavy atom. The van der Waals surface area contributed by atoms with Crippen LogP contribution < -0.4 is 4.90 Å². The summed E-state index contributed by atoms with van der Waals surface area (Å²) < 4.78 is 5.13. The maximum absolute atomic E-state index is 11.7. The SMILES string of the molecule is CCOCN(C(=O)CCl)c1ccccc1[N+](=O)[O-]. The minimum atomic E-state index is -0.546. The number of hydrogen-bond acceptors (Lipinski definition) is 4. The largest absolute Gasteiger partial charge is 0.361 e. The molecule has 0 fully saturated rings. The Balaban J connectivity index is 3.11. The number of ether oxygens (including phenoxy) is 1. The molecule has 0 unspecified atom stereocenters. The molecule has 98 valence electrons. The number of anilines is 1. The molecule has 0 aliphatic carbocycles. The Morgan fingerprint density at radius 2 is 2.17 bits per heavy atom. The lowest BCUT2D eigenvalue weighted by Crippen LogP contribution is -2.34. The third-order valence-electron chi connectivity index (χ3n) is 2.21. The van der Waals surface area contributed by atoms with Crippen LogP contribution in [0.4, 0.5) is 11.4 Å². The Labute approximate surface area is 109 Å². The fraction of sp³-hybridized carbons (Fsp3) is 0.364. The Kier molecular flexibility index (Phi) is 5.54. The molecule has 0 heterocycles. The second-order valence-corrected chi connectivity index (χ2v) is 3.59. The molecule has 0 saturated carbocycles. The van der Waals surface area contributed by atoms with Crippen LogP contribution in [0.3, 0.4) is 0 Å². The number of nitro benzene ring substituents is 1. The van der Waals surface area contributed by atoms with Crippen molar-refractivity contribution in [1.29, 1.82) is 0 Å². The van der Waals surface area contributed by atoms with Crippen molar-refractivity contribution in [2.45, 2.75) is 6.92 Å². The highest BCUT2D eigenvalue weighted by Crippen LogP contribution is 2.27. The first-order valence-electron chi connectivity index (χ1n) is 5.29. The standard InChI is InChI=1S/C11H13ClN2O4/c1-2-18-8-13(11(15)7-12)9-5-3-4-6-10(9)14(16)17/h3-6H,2,7-8H2,1H3. The number of halogens is 1. The molecule has 0 spiro atoms. The van der Waals surface area contributed by atoms with E-state index in [9.17, 15) is 14.9 Å². The topological polar surface area (TPSA) is 72.7 Å². The molecule has 1 aromatic rings. The van der Waals surface area contributed by atoms with E-state index < -0.39 is 10.8 Å². The van der Waals surface area contributed by atoms with Crippen molar-refractivity contribution in [1.82, 2.24) is 0 Å². The van der Waals surface area contributed by atoms with Crippen LogP contribution in [0.15, 0.2) is 24.3 Å². The molecule has 0 radical (unpaired) electrons. The van der Waals surface area contributed by atoms with Crippen LogP contribution in [-0.4, -0.2) is 30.0 Å². The van der Waals surface area contributed by atoms with Crippen molar-refractivity contribution >= 4 is 28.9 Å². The number of amides is 1. The van der Waals surface area contributed by atoms with E-state index in [1.165, 1.54) is 18.2 Å². The Bertz CT molecular complexity index is 439. The van der Waals surface area contributed by atoms with Gasteiger partial charge >= 0.3 is 0 Å². The first-order chi connectivity index (χ1) is 8.61. The molecule has 0 saturated heterocycles. The number of nitro groups is 1. The van der Waals surface area contributed by atoms with Gasteiger partial charge in [0, 0.05) is 12.7 Å². The molecular formula is C11H13ClN2O4. The first-order valence-corrected chi connectivity index (χ1v) is 5.82. The summed E-state index contributed by atoms with van der Waals surface area (Å²) in [7, 11) is 0. The summed E-state index contributed by atoms with van der Waals surface area (Å²) in [5.41, 5.74) is 0.0252. The molecular weight excluding hydrogens is 260 g/mol. The van der Waals surface area contributed by atoms with E-state index in [0.29, 0.717) is 6.61 Å². The van der Waals surface area contributed by atoms with Crippen LogP contribution in [0.2, 0.25) is 0 Å². The van der Waals surface area contributed by atoms with Gasteiger partial charge in [-0.05, 0) is 13.0 Å². The zero-order valence-corrected chi connectivity index (χ0v) is 10.6. The predicted octanol–water partition coefficient (Wildman–Crippen LogP) is 2.16. The van der Waals surface area contributed by atoms with Gasteiger partial charge in [-0.2, -0.15) is 0 Å². The number of alkyl halides is 1. The molecule has 6 nitrogen and oxygen atoms in total. The molecule has 0 aliphatic heterocycles. The second-order valence-electron chi connectivity index (χ2n) is 3.32. The van der Waals surface area contributed by atoms with Gasteiger partial charge in [-0.25, -0.2) is 0 Å². The van der Waals surface area contributed by atoms with E-state index in [1.54, 1.807) is 13.0 Å². The maximum Gasteiger partial charge on any atom is 0.293 e. The lowest BCUT2D eigenvalue weighted by atomic mass is 10.2. The summed E-state index contributed by atoms with van der Waals surface area (Å²) in [4.78, 5) is 23.2. The molecule has 0 atom stereocenters. The number of nitrogens with zero attached hydrogens (tertiary/aromatic N) is 2. The Morgan fingerprint density at radius 3 is 2.72 bits per heavy atom. The first kappa shape index (κ1) is 14.4. The minimum absolute atomic E-state index is 0.0626. The van der Waals surface area contributed by atoms with Crippen molar-refractivity contribution < 1.29 is 14.5 Å². The summed E-state index contributed by atoms with van der Waals surface area (Å²) in [6.45, 7) is 2.10. The van der Waals surface area contributed by atoms with E-state index in [-0.39, 0.29) is 24.0 Å². The predicted molar refractivity (Wildman–Crippen MR) is 67.8 cm³/mol. The number of carbonyl (C=O) groups is 1. The van der Waals surface area contributed by atoms with Crippen molar-refractivity contribution in [2.75, 3.05) is 24.1 Å². The molecule has 0 aliphatic rings. The number of benzene rings is 1. The van der Waals surface area contributed by atoms with Crippen LogP contribution in [-0.2, 0) is 9.53 Å². The minimum Gasteiger partial charge on any atom is -0.361 e. The summed E-state index contributed by atoms with van der Waals surface area (Å²) in [6, 6.07) is 5.96. The smallest absolute Gasteiger partial charge is 0.293 e. The molecule has 1 rings (SSSR count). The van der Waals surface area contributed by atoms with E-state index in [0.717, 1.165) is 4.90 Å². The third-order valence-corrected chi connectivity index (χ3v) is 2.44. The van der Waals surface area contributed by atoms with Gasteiger partial charge in [0.25, 0.3) is 5.69 Å². The average Bonchev–Trinajstić information content (AvgIpc) is 2.39. The summed E-state index contributed by atoms with van der Waals surface area (Å²) >= 11 is 5.49. The third kappa shape index (κ3) is 3.41.